The van der Waals surface area contributed by atoms with E-state index >= 15 is 0 Å². The summed E-state index contributed by atoms with van der Waals surface area (Å²) in [6, 6.07) is 0. The van der Waals surface area contributed by atoms with Crippen LogP contribution in [-0.4, -0.2) is 6.41 Å². The zero-order valence-corrected chi connectivity index (χ0v) is 14.1. The fourth-order valence-corrected chi connectivity index (χ4v) is 6.52. The molecule has 1 fully saturated rings. The zero-order valence-electron chi connectivity index (χ0n) is 10.9. The van der Waals surface area contributed by atoms with Gasteiger partial charge in [0.05, 0.1) is 0 Å². The molecule has 0 aromatic carbocycles. The van der Waals surface area contributed by atoms with Crippen molar-refractivity contribution in [2.75, 3.05) is 0 Å². The van der Waals surface area contributed by atoms with Gasteiger partial charge in [0, 0.05) is 0 Å². The van der Waals surface area contributed by atoms with E-state index < -0.39 is 17.9 Å². The van der Waals surface area contributed by atoms with Crippen molar-refractivity contribution in [3.05, 3.63) is 20.6 Å². The summed E-state index contributed by atoms with van der Waals surface area (Å²) in [5.41, 5.74) is 9.09. The van der Waals surface area contributed by atoms with Gasteiger partial charge in [-0.15, -0.1) is 24.8 Å². The van der Waals surface area contributed by atoms with Crippen molar-refractivity contribution >= 4 is 31.2 Å². The SMILES string of the molecule is CC1=C(C)C(C)[C]([Ti]2[CH2][CH2]2)=C1C.Cl.Cl.NC=O. The molecule has 2 rings (SSSR count). The third-order valence-corrected chi connectivity index (χ3v) is 7.53. The number of primary amides is 1. The van der Waals surface area contributed by atoms with E-state index in [4.69, 9.17) is 4.79 Å². The Bertz CT molecular complexity index is 335. The average molecular weight is 315 g/mol. The van der Waals surface area contributed by atoms with Gasteiger partial charge in [-0.1, -0.05) is 0 Å². The van der Waals surface area contributed by atoms with Crippen LogP contribution in [0.3, 0.4) is 0 Å². The fraction of sp³-hybridized carbons (Fsp3) is 0.583. The fourth-order valence-electron chi connectivity index (χ4n) is 2.27. The first-order chi connectivity index (χ1) is 7.04. The predicted octanol–water partition coefficient (Wildman–Crippen LogP) is 3.66. The molecule has 1 aliphatic heterocycles. The molecule has 5 heteroatoms. The molecule has 0 bridgehead atoms. The number of rotatable bonds is 1. The van der Waals surface area contributed by atoms with Gasteiger partial charge in [0.15, 0.2) is 0 Å². The van der Waals surface area contributed by atoms with Crippen molar-refractivity contribution in [3.8, 4) is 0 Å². The summed E-state index contributed by atoms with van der Waals surface area (Å²) in [5.74, 6) is 0.822. The minimum absolute atomic E-state index is 0. The Balaban J connectivity index is 0. The Morgan fingerprint density at radius 1 is 1.18 bits per heavy atom. The smallest absolute Gasteiger partial charge is 0.204 e. The summed E-state index contributed by atoms with van der Waals surface area (Å²) >= 11 is -0.584. The number of hydrogen-bond acceptors (Lipinski definition) is 1. The number of carbonyl (C=O) groups is 1. The van der Waals surface area contributed by atoms with Crippen LogP contribution < -0.4 is 5.73 Å². The Hall–Kier alpha value is 0.244. The molecule has 0 saturated carbocycles. The predicted molar refractivity (Wildman–Crippen MR) is 74.6 cm³/mol. The van der Waals surface area contributed by atoms with Crippen molar-refractivity contribution in [1.82, 2.24) is 0 Å². The van der Waals surface area contributed by atoms with Gasteiger partial charge in [-0.05, 0) is 0 Å². The molecule has 0 aromatic heterocycles. The third kappa shape index (κ3) is 4.44. The second-order valence-corrected chi connectivity index (χ2v) is 8.60. The van der Waals surface area contributed by atoms with Gasteiger partial charge in [0.2, 0.25) is 6.41 Å². The first-order valence-corrected chi connectivity index (χ1v) is 8.42. The van der Waals surface area contributed by atoms with Gasteiger partial charge in [0.25, 0.3) is 0 Å². The molecular formula is C12H22Cl2NOTi. The standard InChI is InChI=1S/C9H13.C2H4.CH3NO.2ClH.Ti/c1-6-5-7(2)9(4)8(6)3;1-2;2-1-3;;;/h6H,1-4H3;1-2H2;1H,(H2,2,3);2*1H;. The normalized spacial score (nSPS) is 21.2. The summed E-state index contributed by atoms with van der Waals surface area (Å²) in [7, 11) is 0. The first kappa shape index (κ1) is 19.6. The van der Waals surface area contributed by atoms with Gasteiger partial charge < -0.3 is 5.73 Å². The molecule has 2 nitrogen and oxygen atoms in total. The Morgan fingerprint density at radius 3 is 1.82 bits per heavy atom. The quantitative estimate of drug-likeness (QED) is 0.582. The molecule has 1 unspecified atom stereocenters. The van der Waals surface area contributed by atoms with E-state index in [1.165, 1.54) is 0 Å². The van der Waals surface area contributed by atoms with Crippen molar-refractivity contribution in [2.24, 2.45) is 11.7 Å². The van der Waals surface area contributed by atoms with Crippen molar-refractivity contribution in [3.63, 3.8) is 0 Å². The van der Waals surface area contributed by atoms with Crippen molar-refractivity contribution in [1.29, 1.82) is 0 Å². The number of nitrogens with two attached hydrogens (primary N) is 1. The third-order valence-electron chi connectivity index (χ3n) is 3.52. The van der Waals surface area contributed by atoms with Crippen LogP contribution in [-0.2, 0) is 22.7 Å². The second-order valence-electron chi connectivity index (χ2n) is 4.31. The Morgan fingerprint density at radius 2 is 1.59 bits per heavy atom. The van der Waals surface area contributed by atoms with E-state index in [1.54, 1.807) is 26.2 Å². The van der Waals surface area contributed by atoms with Gasteiger partial charge in [-0.25, -0.2) is 0 Å². The molecular weight excluding hydrogens is 293 g/mol. The summed E-state index contributed by atoms with van der Waals surface area (Å²) in [4.78, 5) is 8.58. The minimum Gasteiger partial charge on any atom is -0.372 e. The van der Waals surface area contributed by atoms with Crippen molar-refractivity contribution < 1.29 is 22.7 Å². The molecule has 0 radical (unpaired) electrons. The first-order valence-electron chi connectivity index (χ1n) is 5.43. The summed E-state index contributed by atoms with van der Waals surface area (Å²) in [5, 5.41) is 0. The molecule has 1 amide bonds. The zero-order chi connectivity index (χ0) is 11.6. The van der Waals surface area contributed by atoms with Crippen LogP contribution in [0, 0.1) is 5.92 Å². The van der Waals surface area contributed by atoms with Crippen molar-refractivity contribution in [2.45, 2.75) is 37.1 Å². The summed E-state index contributed by atoms with van der Waals surface area (Å²) in [6.45, 7) is 9.37. The van der Waals surface area contributed by atoms with Crippen LogP contribution in [0.4, 0.5) is 0 Å². The largest absolute Gasteiger partial charge is 0.372 e. The van der Waals surface area contributed by atoms with Crippen LogP contribution >= 0.6 is 24.8 Å². The Kier molecular flexibility index (Phi) is 9.63. The maximum absolute atomic E-state index is 8.58. The molecule has 0 spiro atoms. The molecule has 1 aliphatic carbocycles. The van der Waals surface area contributed by atoms with E-state index in [9.17, 15) is 0 Å². The number of hydrogen-bond donors (Lipinski definition) is 1. The Labute approximate surface area is 123 Å². The van der Waals surface area contributed by atoms with Gasteiger partial charge in [-0.3, -0.25) is 4.79 Å². The molecule has 1 heterocycles. The molecule has 99 valence electrons. The maximum atomic E-state index is 8.58. The number of carbonyl (C=O) groups excluding carboxylic acids is 1. The summed E-state index contributed by atoms with van der Waals surface area (Å²) in [6.07, 6.45) is 0.250. The van der Waals surface area contributed by atoms with E-state index in [0.717, 1.165) is 5.92 Å². The van der Waals surface area contributed by atoms with Gasteiger partial charge in [-0.2, -0.15) is 0 Å². The van der Waals surface area contributed by atoms with Crippen LogP contribution in [0.5, 0.6) is 0 Å². The topological polar surface area (TPSA) is 43.1 Å². The second kappa shape index (κ2) is 8.36. The minimum atomic E-state index is -0.584. The monoisotopic (exact) mass is 314 g/mol. The molecule has 0 aromatic rings. The van der Waals surface area contributed by atoms with Crippen LogP contribution in [0.2, 0.25) is 9.45 Å². The van der Waals surface area contributed by atoms with Crippen LogP contribution in [0.15, 0.2) is 20.6 Å². The number of allylic oxidation sites excluding steroid dienone is 4. The van der Waals surface area contributed by atoms with E-state index in [2.05, 4.69) is 33.4 Å². The molecule has 17 heavy (non-hydrogen) atoms. The van der Waals surface area contributed by atoms with Crippen LogP contribution in [0.25, 0.3) is 0 Å². The maximum Gasteiger partial charge on any atom is 0.204 e. The molecule has 1 saturated heterocycles. The van der Waals surface area contributed by atoms with E-state index in [-0.39, 0.29) is 31.2 Å². The summed E-state index contributed by atoms with van der Waals surface area (Å²) < 4.78 is 5.14. The number of halogens is 2. The molecule has 1 atom stereocenters. The number of amides is 1. The van der Waals surface area contributed by atoms with E-state index in [1.807, 2.05) is 3.88 Å². The van der Waals surface area contributed by atoms with Gasteiger partial charge >= 0.3 is 81.5 Å². The van der Waals surface area contributed by atoms with E-state index in [0.29, 0.717) is 0 Å². The van der Waals surface area contributed by atoms with Gasteiger partial charge in [0.1, 0.15) is 0 Å². The van der Waals surface area contributed by atoms with Crippen LogP contribution in [0.1, 0.15) is 27.7 Å². The molecule has 2 N–H and O–H groups in total. The average Bonchev–Trinajstić information content (AvgIpc) is 2.97. The molecule has 2 aliphatic rings.